The highest BCUT2D eigenvalue weighted by Gasteiger charge is 2.22. The van der Waals surface area contributed by atoms with Gasteiger partial charge in [0, 0.05) is 43.6 Å². The lowest BCUT2D eigenvalue weighted by Gasteiger charge is -2.10. The normalized spacial score (nSPS) is 11.9. The zero-order valence-corrected chi connectivity index (χ0v) is 27.2. The third-order valence-electron chi connectivity index (χ3n) is 10.0. The Bertz CT molecular complexity index is 3080. The van der Waals surface area contributed by atoms with E-state index in [1.165, 1.54) is 5.39 Å². The quantitative estimate of drug-likeness (QED) is 0.190. The summed E-state index contributed by atoms with van der Waals surface area (Å²) in [5, 5.41) is 6.62. The van der Waals surface area contributed by atoms with Crippen LogP contribution in [0.4, 0.5) is 0 Å². The zero-order chi connectivity index (χ0) is 33.5. The van der Waals surface area contributed by atoms with Gasteiger partial charge in [-0.3, -0.25) is 0 Å². The molecule has 4 aromatic heterocycles. The van der Waals surface area contributed by atoms with E-state index in [0.29, 0.717) is 5.82 Å². The van der Waals surface area contributed by atoms with Crippen molar-refractivity contribution in [1.29, 1.82) is 0 Å². The minimum absolute atomic E-state index is 0.683. The van der Waals surface area contributed by atoms with Crippen LogP contribution in [0.1, 0.15) is 0 Å². The van der Waals surface area contributed by atoms with E-state index >= 15 is 0 Å². The maximum absolute atomic E-state index is 6.66. The fourth-order valence-corrected chi connectivity index (χ4v) is 7.70. The summed E-state index contributed by atoms with van der Waals surface area (Å²) in [5.74, 6) is 0.683. The Balaban J connectivity index is 1.15. The van der Waals surface area contributed by atoms with Crippen molar-refractivity contribution < 1.29 is 8.83 Å². The number of aromatic nitrogens is 3. The molecule has 5 nitrogen and oxygen atoms in total. The molecule has 11 aromatic rings. The van der Waals surface area contributed by atoms with Crippen molar-refractivity contribution in [2.24, 2.45) is 0 Å². The molecule has 238 valence electrons. The lowest BCUT2D eigenvalue weighted by atomic mass is 10.0. The van der Waals surface area contributed by atoms with Gasteiger partial charge in [-0.2, -0.15) is 0 Å². The lowest BCUT2D eigenvalue weighted by molar-refractivity contribution is 0.668. The summed E-state index contributed by atoms with van der Waals surface area (Å²) in [7, 11) is 0. The lowest BCUT2D eigenvalue weighted by Crippen LogP contribution is -1.96. The summed E-state index contributed by atoms with van der Waals surface area (Å²) in [4.78, 5) is 10.0. The molecule has 0 N–H and O–H groups in total. The molecule has 0 fully saturated rings. The first-order chi connectivity index (χ1) is 25.3. The fourth-order valence-electron chi connectivity index (χ4n) is 7.70. The second kappa shape index (κ2) is 10.8. The van der Waals surface area contributed by atoms with Gasteiger partial charge in [0.05, 0.1) is 33.5 Å². The Morgan fingerprint density at radius 1 is 0.412 bits per heavy atom. The summed E-state index contributed by atoms with van der Waals surface area (Å²) in [6.07, 6.45) is 0. The summed E-state index contributed by atoms with van der Waals surface area (Å²) in [6, 6.07) is 56.4. The first kappa shape index (κ1) is 27.9. The first-order valence-corrected chi connectivity index (χ1v) is 17.1. The highest BCUT2D eigenvalue weighted by Crippen LogP contribution is 2.43. The number of hydrogen-bond acceptors (Lipinski definition) is 4. The van der Waals surface area contributed by atoms with Gasteiger partial charge in [0.1, 0.15) is 16.7 Å². The van der Waals surface area contributed by atoms with Gasteiger partial charge in [-0.1, -0.05) is 115 Å². The standard InChI is InChI=1S/C46H27N3O2/c1-3-12-28(13-4-1)36-27-37(48-46(47-36)29-14-5-2-6-15-29)30-22-23-35-42(26-30)50-41-21-11-19-39(43(35)41)49-38-18-9-7-16-31(38)33-24-25-34-32-17-8-10-20-40(32)51-45(34)44(33)49/h1-27H. The smallest absolute Gasteiger partial charge is 0.160 e. The predicted octanol–water partition coefficient (Wildman–Crippen LogP) is 12.4. The highest BCUT2D eigenvalue weighted by atomic mass is 16.3. The topological polar surface area (TPSA) is 57.0 Å². The Morgan fingerprint density at radius 3 is 1.92 bits per heavy atom. The number of rotatable bonds is 4. The van der Waals surface area contributed by atoms with E-state index in [1.54, 1.807) is 0 Å². The van der Waals surface area contributed by atoms with Crippen LogP contribution >= 0.6 is 0 Å². The van der Waals surface area contributed by atoms with Crippen LogP contribution in [0.3, 0.4) is 0 Å². The Hall–Kier alpha value is -6.98. The molecule has 5 heteroatoms. The largest absolute Gasteiger partial charge is 0.456 e. The number of furan rings is 2. The molecule has 0 bridgehead atoms. The molecular formula is C46H27N3O2. The van der Waals surface area contributed by atoms with Crippen molar-refractivity contribution in [2.45, 2.75) is 0 Å². The van der Waals surface area contributed by atoms with E-state index in [0.717, 1.165) is 94.1 Å². The zero-order valence-electron chi connectivity index (χ0n) is 27.2. The molecular weight excluding hydrogens is 627 g/mol. The van der Waals surface area contributed by atoms with Crippen LogP contribution in [0, 0.1) is 0 Å². The van der Waals surface area contributed by atoms with Crippen molar-refractivity contribution in [1.82, 2.24) is 14.5 Å². The van der Waals surface area contributed by atoms with Gasteiger partial charge in [0.25, 0.3) is 0 Å². The van der Waals surface area contributed by atoms with Crippen molar-refractivity contribution in [3.05, 3.63) is 164 Å². The molecule has 0 radical (unpaired) electrons. The van der Waals surface area contributed by atoms with Gasteiger partial charge >= 0.3 is 0 Å². The molecule has 0 saturated heterocycles. The molecule has 0 saturated carbocycles. The molecule has 0 aliphatic carbocycles. The van der Waals surface area contributed by atoms with Crippen LogP contribution in [-0.4, -0.2) is 14.5 Å². The van der Waals surface area contributed by atoms with Crippen molar-refractivity contribution in [3.63, 3.8) is 0 Å². The van der Waals surface area contributed by atoms with Crippen LogP contribution in [0.2, 0.25) is 0 Å². The minimum Gasteiger partial charge on any atom is -0.456 e. The average Bonchev–Trinajstić information content (AvgIpc) is 3.88. The molecule has 7 aromatic carbocycles. The third kappa shape index (κ3) is 4.22. The maximum atomic E-state index is 6.66. The Morgan fingerprint density at radius 2 is 1.08 bits per heavy atom. The van der Waals surface area contributed by atoms with Gasteiger partial charge in [0.2, 0.25) is 0 Å². The Labute approximate surface area is 291 Å². The molecule has 0 aliphatic heterocycles. The van der Waals surface area contributed by atoms with Gasteiger partial charge in [-0.05, 0) is 48.5 Å². The number of fused-ring (bicyclic) bond motifs is 10. The van der Waals surface area contributed by atoms with Crippen molar-refractivity contribution in [3.8, 4) is 39.6 Å². The van der Waals surface area contributed by atoms with Gasteiger partial charge in [-0.15, -0.1) is 0 Å². The van der Waals surface area contributed by atoms with E-state index in [4.69, 9.17) is 18.8 Å². The summed E-state index contributed by atoms with van der Waals surface area (Å²) >= 11 is 0. The summed E-state index contributed by atoms with van der Waals surface area (Å²) in [6.45, 7) is 0. The first-order valence-electron chi connectivity index (χ1n) is 17.1. The van der Waals surface area contributed by atoms with E-state index in [-0.39, 0.29) is 0 Å². The minimum atomic E-state index is 0.683. The molecule has 51 heavy (non-hydrogen) atoms. The molecule has 0 unspecified atom stereocenters. The van der Waals surface area contributed by atoms with Gasteiger partial charge < -0.3 is 13.4 Å². The second-order valence-electron chi connectivity index (χ2n) is 12.9. The van der Waals surface area contributed by atoms with E-state index in [9.17, 15) is 0 Å². The van der Waals surface area contributed by atoms with E-state index in [1.807, 2.05) is 60.7 Å². The molecule has 11 rings (SSSR count). The number of hydrogen-bond donors (Lipinski definition) is 0. The molecule has 0 amide bonds. The van der Waals surface area contributed by atoms with Crippen LogP contribution < -0.4 is 0 Å². The third-order valence-corrected chi connectivity index (χ3v) is 10.0. The number of benzene rings is 7. The van der Waals surface area contributed by atoms with E-state index < -0.39 is 0 Å². The molecule has 0 aliphatic rings. The van der Waals surface area contributed by atoms with Crippen LogP contribution in [0.5, 0.6) is 0 Å². The number of nitrogens with zero attached hydrogens (tertiary/aromatic N) is 3. The highest BCUT2D eigenvalue weighted by molar-refractivity contribution is 6.22. The van der Waals surface area contributed by atoms with Crippen LogP contribution in [0.25, 0.3) is 105 Å². The van der Waals surface area contributed by atoms with Crippen LogP contribution in [0.15, 0.2) is 173 Å². The molecule has 0 spiro atoms. The average molecular weight is 654 g/mol. The number of para-hydroxylation sites is 2. The van der Waals surface area contributed by atoms with Crippen molar-refractivity contribution >= 4 is 65.7 Å². The summed E-state index contributed by atoms with van der Waals surface area (Å²) < 4.78 is 15.6. The fraction of sp³-hybridized carbons (Fsp3) is 0. The Kier molecular flexibility index (Phi) is 5.89. The van der Waals surface area contributed by atoms with Gasteiger partial charge in [-0.25, -0.2) is 9.97 Å². The van der Waals surface area contributed by atoms with Gasteiger partial charge in [0.15, 0.2) is 11.4 Å². The molecule has 4 heterocycles. The summed E-state index contributed by atoms with van der Waals surface area (Å²) in [5.41, 5.74) is 11.2. The van der Waals surface area contributed by atoms with Crippen molar-refractivity contribution in [2.75, 3.05) is 0 Å². The van der Waals surface area contributed by atoms with Crippen LogP contribution in [-0.2, 0) is 0 Å². The monoisotopic (exact) mass is 653 g/mol. The van der Waals surface area contributed by atoms with E-state index in [2.05, 4.69) is 108 Å². The predicted molar refractivity (Wildman–Crippen MR) is 207 cm³/mol. The maximum Gasteiger partial charge on any atom is 0.160 e. The second-order valence-corrected chi connectivity index (χ2v) is 12.9. The SMILES string of the molecule is c1ccc(-c2cc(-c3ccc4c(c3)oc3cccc(-n5c6ccccc6c6ccc7c8ccccc8oc7c65)c34)nc(-c3ccccc3)n2)cc1. The molecule has 0 atom stereocenters.